The summed E-state index contributed by atoms with van der Waals surface area (Å²) in [6, 6.07) is 5.61. The van der Waals surface area contributed by atoms with E-state index in [0.717, 1.165) is 23.5 Å². The van der Waals surface area contributed by atoms with Crippen molar-refractivity contribution in [1.82, 2.24) is 10.6 Å². The molecular weight excluding hydrogens is 256 g/mol. The maximum atomic E-state index is 11.7. The van der Waals surface area contributed by atoms with Gasteiger partial charge >= 0.3 is 0 Å². The van der Waals surface area contributed by atoms with Crippen molar-refractivity contribution in [3.63, 3.8) is 0 Å². The molecule has 2 rings (SSSR count). The number of para-hydroxylation sites is 1. The van der Waals surface area contributed by atoms with Crippen LogP contribution in [0.1, 0.15) is 25.8 Å². The lowest BCUT2D eigenvalue weighted by Gasteiger charge is -2.16. The zero-order chi connectivity index (χ0) is 14.4. The second kappa shape index (κ2) is 7.14. The molecule has 1 atom stereocenters. The minimum Gasteiger partial charge on any atom is -0.490 e. The molecule has 110 valence electrons. The topological polar surface area (TPSA) is 59.6 Å². The zero-order valence-corrected chi connectivity index (χ0v) is 12.1. The monoisotopic (exact) mass is 278 g/mol. The largest absolute Gasteiger partial charge is 0.490 e. The highest BCUT2D eigenvalue weighted by Crippen LogP contribution is 2.33. The summed E-state index contributed by atoms with van der Waals surface area (Å²) >= 11 is 0. The van der Waals surface area contributed by atoms with Crippen LogP contribution in [0.2, 0.25) is 0 Å². The Morgan fingerprint density at radius 3 is 2.95 bits per heavy atom. The van der Waals surface area contributed by atoms with Gasteiger partial charge in [0.05, 0.1) is 19.3 Å². The van der Waals surface area contributed by atoms with Crippen LogP contribution >= 0.6 is 0 Å². The van der Waals surface area contributed by atoms with Gasteiger partial charge in [0.1, 0.15) is 0 Å². The van der Waals surface area contributed by atoms with E-state index in [0.29, 0.717) is 26.3 Å². The molecular formula is C15H22N2O3. The van der Waals surface area contributed by atoms with Gasteiger partial charge in [-0.05, 0) is 19.9 Å². The molecule has 1 heterocycles. The molecule has 20 heavy (non-hydrogen) atoms. The number of likely N-dealkylation sites (N-methyl/N-ethyl adjacent to an activating group) is 1. The maximum Gasteiger partial charge on any atom is 0.236 e. The Morgan fingerprint density at radius 2 is 2.15 bits per heavy atom. The number of amides is 1. The van der Waals surface area contributed by atoms with Crippen molar-refractivity contribution in [2.75, 3.05) is 19.8 Å². The first kappa shape index (κ1) is 14.7. The van der Waals surface area contributed by atoms with Gasteiger partial charge in [0.2, 0.25) is 5.91 Å². The first-order valence-electron chi connectivity index (χ1n) is 7.11. The Balaban J connectivity index is 2.01. The molecule has 0 aliphatic carbocycles. The molecule has 2 N–H and O–H groups in total. The molecule has 5 heteroatoms. The van der Waals surface area contributed by atoms with Crippen LogP contribution in [0.25, 0.3) is 0 Å². The van der Waals surface area contributed by atoms with Crippen LogP contribution in [-0.4, -0.2) is 31.7 Å². The van der Waals surface area contributed by atoms with Crippen molar-refractivity contribution in [3.8, 4) is 11.5 Å². The molecule has 1 aliphatic heterocycles. The minimum absolute atomic E-state index is 0.00619. The highest BCUT2D eigenvalue weighted by atomic mass is 16.5. The van der Waals surface area contributed by atoms with Crippen molar-refractivity contribution >= 4 is 5.91 Å². The van der Waals surface area contributed by atoms with E-state index in [1.54, 1.807) is 0 Å². The Morgan fingerprint density at radius 1 is 1.35 bits per heavy atom. The number of rotatable bonds is 5. The number of carbonyl (C=O) groups excluding carboxylic acids is 1. The molecule has 1 aromatic carbocycles. The fraction of sp³-hybridized carbons (Fsp3) is 0.533. The van der Waals surface area contributed by atoms with E-state index in [9.17, 15) is 4.79 Å². The lowest BCUT2D eigenvalue weighted by atomic mass is 10.1. The number of benzene rings is 1. The second-order valence-corrected chi connectivity index (χ2v) is 4.79. The summed E-state index contributed by atoms with van der Waals surface area (Å²) in [4.78, 5) is 11.7. The number of hydrogen-bond donors (Lipinski definition) is 2. The summed E-state index contributed by atoms with van der Waals surface area (Å²) in [7, 11) is 0. The summed E-state index contributed by atoms with van der Waals surface area (Å²) in [5, 5.41) is 6.00. The van der Waals surface area contributed by atoms with Crippen LogP contribution in [0.4, 0.5) is 0 Å². The molecule has 1 aromatic rings. The highest BCUT2D eigenvalue weighted by molar-refractivity contribution is 5.81. The molecule has 0 saturated heterocycles. The van der Waals surface area contributed by atoms with Crippen LogP contribution in [0.3, 0.4) is 0 Å². The number of nitrogens with one attached hydrogen (secondary N) is 2. The van der Waals surface area contributed by atoms with E-state index >= 15 is 0 Å². The minimum atomic E-state index is -0.238. The van der Waals surface area contributed by atoms with Gasteiger partial charge in [-0.25, -0.2) is 0 Å². The molecule has 1 unspecified atom stereocenters. The fourth-order valence-corrected chi connectivity index (χ4v) is 2.08. The van der Waals surface area contributed by atoms with Gasteiger partial charge in [0.25, 0.3) is 0 Å². The smallest absolute Gasteiger partial charge is 0.236 e. The quantitative estimate of drug-likeness (QED) is 0.856. The Labute approximate surface area is 119 Å². The molecule has 0 saturated carbocycles. The number of carbonyl (C=O) groups is 1. The number of fused-ring (bicyclic) bond motifs is 1. The summed E-state index contributed by atoms with van der Waals surface area (Å²) in [6.07, 6.45) is 0.886. The van der Waals surface area contributed by atoms with Crippen LogP contribution in [0.5, 0.6) is 11.5 Å². The average Bonchev–Trinajstić information content (AvgIpc) is 2.70. The second-order valence-electron chi connectivity index (χ2n) is 4.79. The zero-order valence-electron chi connectivity index (χ0n) is 12.1. The van der Waals surface area contributed by atoms with E-state index in [2.05, 4.69) is 10.6 Å². The lowest BCUT2D eigenvalue weighted by Crippen LogP contribution is -2.41. The average molecular weight is 278 g/mol. The summed E-state index contributed by atoms with van der Waals surface area (Å²) in [5.74, 6) is 1.58. The molecule has 1 aliphatic rings. The third-order valence-electron chi connectivity index (χ3n) is 3.20. The molecule has 0 aromatic heterocycles. The standard InChI is InChI=1S/C15H22N2O3/c1-3-16-15(18)11(2)17-10-12-6-4-7-13-14(12)20-9-5-8-19-13/h4,6-7,11,17H,3,5,8-10H2,1-2H3,(H,16,18). The van der Waals surface area contributed by atoms with Gasteiger partial charge in [-0.15, -0.1) is 0 Å². The molecule has 0 spiro atoms. The number of hydrogen-bond acceptors (Lipinski definition) is 4. The van der Waals surface area contributed by atoms with E-state index in [-0.39, 0.29) is 11.9 Å². The lowest BCUT2D eigenvalue weighted by molar-refractivity contribution is -0.122. The van der Waals surface area contributed by atoms with Crippen LogP contribution < -0.4 is 20.1 Å². The predicted octanol–water partition coefficient (Wildman–Crippen LogP) is 1.46. The van der Waals surface area contributed by atoms with Crippen LogP contribution in [-0.2, 0) is 11.3 Å². The Bertz CT molecular complexity index is 462. The maximum absolute atomic E-state index is 11.7. The van der Waals surface area contributed by atoms with Crippen LogP contribution in [0.15, 0.2) is 18.2 Å². The third-order valence-corrected chi connectivity index (χ3v) is 3.20. The van der Waals surface area contributed by atoms with Crippen molar-refractivity contribution in [2.45, 2.75) is 32.9 Å². The van der Waals surface area contributed by atoms with Crippen molar-refractivity contribution in [2.24, 2.45) is 0 Å². The Hall–Kier alpha value is -1.75. The first-order valence-corrected chi connectivity index (χ1v) is 7.11. The van der Waals surface area contributed by atoms with Gasteiger partial charge in [-0.3, -0.25) is 4.79 Å². The van der Waals surface area contributed by atoms with Gasteiger partial charge in [0, 0.05) is 25.1 Å². The van der Waals surface area contributed by atoms with E-state index < -0.39 is 0 Å². The summed E-state index contributed by atoms with van der Waals surface area (Å²) in [6.45, 7) is 6.32. The van der Waals surface area contributed by atoms with Gasteiger partial charge in [-0.1, -0.05) is 12.1 Å². The van der Waals surface area contributed by atoms with Crippen molar-refractivity contribution in [1.29, 1.82) is 0 Å². The molecule has 0 bridgehead atoms. The molecule has 0 radical (unpaired) electrons. The number of ether oxygens (including phenoxy) is 2. The molecule has 0 fully saturated rings. The summed E-state index contributed by atoms with van der Waals surface area (Å²) in [5.41, 5.74) is 1.01. The van der Waals surface area contributed by atoms with E-state index in [4.69, 9.17) is 9.47 Å². The van der Waals surface area contributed by atoms with Crippen LogP contribution in [0, 0.1) is 0 Å². The summed E-state index contributed by atoms with van der Waals surface area (Å²) < 4.78 is 11.4. The SMILES string of the molecule is CCNC(=O)C(C)NCc1cccc2c1OCCCO2. The predicted molar refractivity (Wildman–Crippen MR) is 77.0 cm³/mol. The first-order chi connectivity index (χ1) is 9.72. The third kappa shape index (κ3) is 3.63. The highest BCUT2D eigenvalue weighted by Gasteiger charge is 2.16. The molecule has 1 amide bonds. The van der Waals surface area contributed by atoms with Gasteiger partial charge in [-0.2, -0.15) is 0 Å². The van der Waals surface area contributed by atoms with E-state index in [1.807, 2.05) is 32.0 Å². The fourth-order valence-electron chi connectivity index (χ4n) is 2.08. The Kier molecular flexibility index (Phi) is 5.24. The van der Waals surface area contributed by atoms with Gasteiger partial charge in [0.15, 0.2) is 11.5 Å². The van der Waals surface area contributed by atoms with Gasteiger partial charge < -0.3 is 20.1 Å². The van der Waals surface area contributed by atoms with Crippen molar-refractivity contribution < 1.29 is 14.3 Å². The van der Waals surface area contributed by atoms with Crippen molar-refractivity contribution in [3.05, 3.63) is 23.8 Å². The normalized spacial score (nSPS) is 15.3. The van der Waals surface area contributed by atoms with E-state index in [1.165, 1.54) is 0 Å². The molecule has 5 nitrogen and oxygen atoms in total.